The molecule has 6 nitrogen and oxygen atoms in total. The van der Waals surface area contributed by atoms with Gasteiger partial charge in [0.2, 0.25) is 0 Å². The number of hydrogen-bond donors (Lipinski definition) is 1. The van der Waals surface area contributed by atoms with Crippen LogP contribution in [0, 0.1) is 0 Å². The van der Waals surface area contributed by atoms with Crippen molar-refractivity contribution in [3.8, 4) is 0 Å². The van der Waals surface area contributed by atoms with E-state index in [1.54, 1.807) is 29.8 Å². The Balaban J connectivity index is 1.34. The molecule has 0 spiro atoms. The molecule has 4 heterocycles. The molecule has 1 N–H and O–H groups in total. The number of aromatic nitrogens is 2. The first-order valence-corrected chi connectivity index (χ1v) is 9.16. The Morgan fingerprint density at radius 1 is 1.38 bits per heavy atom. The molecule has 2 aromatic heterocycles. The predicted octanol–water partition coefficient (Wildman–Crippen LogP) is 2.30. The van der Waals surface area contributed by atoms with Crippen molar-refractivity contribution in [2.45, 2.75) is 44.1 Å². The molecule has 0 bridgehead atoms. The molecule has 4 rings (SSSR count). The van der Waals surface area contributed by atoms with Gasteiger partial charge in [-0.15, -0.1) is 11.3 Å². The van der Waals surface area contributed by atoms with E-state index in [0.29, 0.717) is 11.7 Å². The minimum atomic E-state index is -0.369. The van der Waals surface area contributed by atoms with E-state index in [1.165, 1.54) is 0 Å². The molecule has 2 aromatic rings. The van der Waals surface area contributed by atoms with Gasteiger partial charge >= 0.3 is 0 Å². The summed E-state index contributed by atoms with van der Waals surface area (Å²) in [5, 5.41) is 6.05. The average Bonchev–Trinajstić information content (AvgIpc) is 3.26. The summed E-state index contributed by atoms with van der Waals surface area (Å²) in [4.78, 5) is 23.2. The van der Waals surface area contributed by atoms with Crippen molar-refractivity contribution in [2.75, 3.05) is 11.9 Å². The SMILES string of the molecule is O=C(Nc1cccnc1)[C@@H]1CC[C@H]2[C@H](CCN2Cc2nccs2)O1. The van der Waals surface area contributed by atoms with Gasteiger partial charge in [0.1, 0.15) is 11.1 Å². The van der Waals surface area contributed by atoms with E-state index in [-0.39, 0.29) is 18.1 Å². The van der Waals surface area contributed by atoms with Crippen LogP contribution in [0.25, 0.3) is 0 Å². The zero-order chi connectivity index (χ0) is 16.4. The maximum absolute atomic E-state index is 12.4. The fraction of sp³-hybridized carbons (Fsp3) is 0.471. The summed E-state index contributed by atoms with van der Waals surface area (Å²) in [5.41, 5.74) is 0.713. The van der Waals surface area contributed by atoms with Crippen LogP contribution in [-0.4, -0.2) is 45.6 Å². The largest absolute Gasteiger partial charge is 0.363 e. The molecule has 0 aliphatic carbocycles. The quantitative estimate of drug-likeness (QED) is 0.922. The lowest BCUT2D eigenvalue weighted by molar-refractivity contribution is -0.138. The summed E-state index contributed by atoms with van der Waals surface area (Å²) in [7, 11) is 0. The van der Waals surface area contributed by atoms with Gasteiger partial charge in [-0.05, 0) is 31.4 Å². The van der Waals surface area contributed by atoms with Gasteiger partial charge in [0.15, 0.2) is 0 Å². The molecule has 0 radical (unpaired) electrons. The number of fused-ring (bicyclic) bond motifs is 1. The van der Waals surface area contributed by atoms with Gasteiger partial charge in [0.05, 0.1) is 24.5 Å². The number of nitrogens with zero attached hydrogens (tertiary/aromatic N) is 3. The number of carbonyl (C=O) groups is 1. The Bertz CT molecular complexity index is 679. The number of carbonyl (C=O) groups excluding carboxylic acids is 1. The number of rotatable bonds is 4. The van der Waals surface area contributed by atoms with Gasteiger partial charge in [-0.2, -0.15) is 0 Å². The molecule has 0 unspecified atom stereocenters. The van der Waals surface area contributed by atoms with Crippen molar-refractivity contribution in [2.24, 2.45) is 0 Å². The van der Waals surface area contributed by atoms with Gasteiger partial charge in [0.25, 0.3) is 5.91 Å². The van der Waals surface area contributed by atoms with Gasteiger partial charge in [0, 0.05) is 30.4 Å². The van der Waals surface area contributed by atoms with Crippen molar-refractivity contribution in [1.29, 1.82) is 0 Å². The third-order valence-corrected chi connectivity index (χ3v) is 5.47. The van der Waals surface area contributed by atoms with Crippen molar-refractivity contribution >= 4 is 22.9 Å². The standard InChI is InChI=1S/C17H20N4O2S/c22-17(20-12-2-1-6-18-10-12)15-4-3-13-14(23-15)5-8-21(13)11-16-19-7-9-24-16/h1-2,6-7,9-10,13-15H,3-5,8,11H2,(H,20,22)/t13-,14-,15-/m0/s1. The number of amides is 1. The first-order chi connectivity index (χ1) is 11.8. The maximum Gasteiger partial charge on any atom is 0.253 e. The molecule has 2 fully saturated rings. The van der Waals surface area contributed by atoms with Gasteiger partial charge in [-0.3, -0.25) is 14.7 Å². The molecule has 24 heavy (non-hydrogen) atoms. The van der Waals surface area contributed by atoms with E-state index in [9.17, 15) is 4.79 Å². The summed E-state index contributed by atoms with van der Waals surface area (Å²) in [6.07, 6.45) is 7.68. The number of hydrogen-bond acceptors (Lipinski definition) is 6. The van der Waals surface area contributed by atoms with Gasteiger partial charge in [-0.1, -0.05) is 0 Å². The highest BCUT2D eigenvalue weighted by atomic mass is 32.1. The Morgan fingerprint density at radius 2 is 2.33 bits per heavy atom. The summed E-state index contributed by atoms with van der Waals surface area (Å²) < 4.78 is 6.10. The molecule has 2 saturated heterocycles. The first-order valence-electron chi connectivity index (χ1n) is 8.28. The number of nitrogens with one attached hydrogen (secondary N) is 1. The average molecular weight is 344 g/mol. The molecule has 1 amide bonds. The fourth-order valence-corrected chi connectivity index (χ4v) is 4.21. The van der Waals surface area contributed by atoms with Crippen molar-refractivity contribution in [3.63, 3.8) is 0 Å². The highest BCUT2D eigenvalue weighted by molar-refractivity contribution is 7.09. The highest BCUT2D eigenvalue weighted by Crippen LogP contribution is 2.33. The minimum Gasteiger partial charge on any atom is -0.363 e. The second kappa shape index (κ2) is 6.96. The Morgan fingerprint density at radius 3 is 3.12 bits per heavy atom. The van der Waals surface area contributed by atoms with E-state index in [1.807, 2.05) is 17.6 Å². The number of ether oxygens (including phenoxy) is 1. The molecule has 3 atom stereocenters. The monoisotopic (exact) mass is 344 g/mol. The number of anilines is 1. The smallest absolute Gasteiger partial charge is 0.253 e. The van der Waals surface area contributed by atoms with E-state index in [0.717, 1.165) is 37.4 Å². The molecule has 2 aliphatic rings. The first kappa shape index (κ1) is 15.7. The van der Waals surface area contributed by atoms with Crippen LogP contribution in [0.1, 0.15) is 24.3 Å². The summed E-state index contributed by atoms with van der Waals surface area (Å²) in [6, 6.07) is 4.04. The van der Waals surface area contributed by atoms with Gasteiger partial charge in [-0.25, -0.2) is 4.98 Å². The van der Waals surface area contributed by atoms with Crippen LogP contribution in [0.15, 0.2) is 36.1 Å². The molecular weight excluding hydrogens is 324 g/mol. The topological polar surface area (TPSA) is 67.4 Å². The zero-order valence-corrected chi connectivity index (χ0v) is 14.1. The summed E-state index contributed by atoms with van der Waals surface area (Å²) >= 11 is 1.69. The van der Waals surface area contributed by atoms with E-state index >= 15 is 0 Å². The molecular formula is C17H20N4O2S. The highest BCUT2D eigenvalue weighted by Gasteiger charge is 2.41. The Kier molecular flexibility index (Phi) is 4.55. The minimum absolute atomic E-state index is 0.0696. The third-order valence-electron chi connectivity index (χ3n) is 4.71. The maximum atomic E-state index is 12.4. The fourth-order valence-electron chi connectivity index (χ4n) is 3.57. The molecule has 0 aromatic carbocycles. The second-order valence-corrected chi connectivity index (χ2v) is 7.20. The van der Waals surface area contributed by atoms with Gasteiger partial charge < -0.3 is 10.1 Å². The van der Waals surface area contributed by atoms with Crippen LogP contribution in [0.5, 0.6) is 0 Å². The van der Waals surface area contributed by atoms with Crippen molar-refractivity contribution in [1.82, 2.24) is 14.9 Å². The zero-order valence-electron chi connectivity index (χ0n) is 13.3. The van der Waals surface area contributed by atoms with Crippen LogP contribution in [-0.2, 0) is 16.1 Å². The van der Waals surface area contributed by atoms with Crippen molar-refractivity contribution < 1.29 is 9.53 Å². The third kappa shape index (κ3) is 3.33. The predicted molar refractivity (Wildman–Crippen MR) is 91.7 cm³/mol. The number of thiazole rings is 1. The molecule has 126 valence electrons. The molecule has 2 aliphatic heterocycles. The van der Waals surface area contributed by atoms with E-state index < -0.39 is 0 Å². The second-order valence-electron chi connectivity index (χ2n) is 6.22. The lowest BCUT2D eigenvalue weighted by Gasteiger charge is -2.35. The Labute approximate surface area is 144 Å². The van der Waals surface area contributed by atoms with E-state index in [2.05, 4.69) is 20.2 Å². The lowest BCUT2D eigenvalue weighted by atomic mass is 9.98. The van der Waals surface area contributed by atoms with Crippen LogP contribution in [0.2, 0.25) is 0 Å². The summed E-state index contributed by atoms with van der Waals surface area (Å²) in [5.74, 6) is -0.0696. The molecule has 0 saturated carbocycles. The lowest BCUT2D eigenvalue weighted by Crippen LogP contribution is -2.46. The Hall–Kier alpha value is -1.83. The van der Waals surface area contributed by atoms with Crippen molar-refractivity contribution in [3.05, 3.63) is 41.1 Å². The number of pyridine rings is 1. The summed E-state index contributed by atoms with van der Waals surface area (Å²) in [6.45, 7) is 1.89. The number of likely N-dealkylation sites (tertiary alicyclic amines) is 1. The normalized spacial score (nSPS) is 26.9. The van der Waals surface area contributed by atoms with Crippen LogP contribution < -0.4 is 5.32 Å². The van der Waals surface area contributed by atoms with Crippen LogP contribution in [0.4, 0.5) is 5.69 Å². The van der Waals surface area contributed by atoms with Crippen LogP contribution in [0.3, 0.4) is 0 Å². The van der Waals surface area contributed by atoms with E-state index in [4.69, 9.17) is 4.74 Å². The van der Waals surface area contributed by atoms with Crippen LogP contribution >= 0.6 is 11.3 Å². The molecule has 7 heteroatoms.